The molecule has 1 aromatic carbocycles. The number of hydrogen-bond donors (Lipinski definition) is 4. The molecule has 1 saturated heterocycles. The van der Waals surface area contributed by atoms with Crippen LogP contribution in [-0.2, 0) is 0 Å². The average molecular weight is 365 g/mol. The van der Waals surface area contributed by atoms with Crippen molar-refractivity contribution < 1.29 is 19.6 Å². The summed E-state index contributed by atoms with van der Waals surface area (Å²) < 4.78 is 0. The lowest BCUT2D eigenvalue weighted by Gasteiger charge is -2.32. The molecule has 0 spiro atoms. The Morgan fingerprint density at radius 3 is 2.85 bits per heavy atom. The number of carbonyl (C=O) groups is 2. The van der Waals surface area contributed by atoms with Crippen molar-refractivity contribution >= 4 is 23.4 Å². The van der Waals surface area contributed by atoms with Gasteiger partial charge in [0.2, 0.25) is 0 Å². The Labute approximate surface area is 150 Å². The number of nitrogens with zero attached hydrogens (tertiary/aromatic N) is 2. The van der Waals surface area contributed by atoms with Crippen molar-refractivity contribution in [3.8, 4) is 0 Å². The quantitative estimate of drug-likeness (QED) is 0.322. The Morgan fingerprint density at radius 1 is 1.42 bits per heavy atom. The third-order valence-corrected chi connectivity index (χ3v) is 4.17. The normalized spacial score (nSPS) is 16.8. The summed E-state index contributed by atoms with van der Waals surface area (Å²) in [6, 6.07) is 3.96. The first-order chi connectivity index (χ1) is 12.4. The summed E-state index contributed by atoms with van der Waals surface area (Å²) in [6.07, 6.45) is 0.856. The first-order valence-electron chi connectivity index (χ1n) is 8.43. The standard InChI is InChI=1S/C16H23N5O5/c17-6-2-7-18-13-5-4-11(9-14(13)21(25)26)15(22)20-8-1-3-12(10-20)19-16(23)24/h4-5,9,12,18-19H,1-3,6-8,10,17H2,(H,23,24). The van der Waals surface area contributed by atoms with Crippen molar-refractivity contribution in [2.24, 2.45) is 5.73 Å². The molecular weight excluding hydrogens is 342 g/mol. The maximum Gasteiger partial charge on any atom is 0.404 e. The smallest absolute Gasteiger partial charge is 0.404 e. The van der Waals surface area contributed by atoms with Crippen molar-refractivity contribution in [1.29, 1.82) is 0 Å². The van der Waals surface area contributed by atoms with Gasteiger partial charge in [-0.1, -0.05) is 0 Å². The van der Waals surface area contributed by atoms with E-state index in [1.807, 2.05) is 0 Å². The second kappa shape index (κ2) is 8.99. The van der Waals surface area contributed by atoms with Gasteiger partial charge in [-0.3, -0.25) is 14.9 Å². The summed E-state index contributed by atoms with van der Waals surface area (Å²) in [5, 5.41) is 25.5. The molecule has 1 heterocycles. The predicted octanol–water partition coefficient (Wildman–Crippen LogP) is 1.23. The van der Waals surface area contributed by atoms with Crippen LogP contribution in [0.3, 0.4) is 0 Å². The molecule has 10 heteroatoms. The van der Waals surface area contributed by atoms with E-state index in [-0.39, 0.29) is 29.7 Å². The monoisotopic (exact) mass is 365 g/mol. The van der Waals surface area contributed by atoms with E-state index >= 15 is 0 Å². The van der Waals surface area contributed by atoms with E-state index in [9.17, 15) is 19.7 Å². The summed E-state index contributed by atoms with van der Waals surface area (Å²) in [5.41, 5.74) is 5.78. The lowest BCUT2D eigenvalue weighted by Crippen LogP contribution is -2.49. The molecule has 2 amide bonds. The zero-order chi connectivity index (χ0) is 19.1. The second-order valence-electron chi connectivity index (χ2n) is 6.10. The van der Waals surface area contributed by atoms with Crippen LogP contribution in [0.5, 0.6) is 0 Å². The number of anilines is 1. The van der Waals surface area contributed by atoms with Crippen LogP contribution in [0.25, 0.3) is 0 Å². The average Bonchev–Trinajstić information content (AvgIpc) is 2.61. The van der Waals surface area contributed by atoms with Crippen LogP contribution in [0, 0.1) is 10.1 Å². The number of benzene rings is 1. The van der Waals surface area contributed by atoms with Gasteiger partial charge in [-0.25, -0.2) is 4.79 Å². The van der Waals surface area contributed by atoms with Gasteiger partial charge in [0.25, 0.3) is 11.6 Å². The molecule has 1 fully saturated rings. The molecule has 0 aromatic heterocycles. The first kappa shape index (κ1) is 19.4. The van der Waals surface area contributed by atoms with Crippen molar-refractivity contribution in [3.63, 3.8) is 0 Å². The van der Waals surface area contributed by atoms with Gasteiger partial charge >= 0.3 is 6.09 Å². The van der Waals surface area contributed by atoms with E-state index in [0.29, 0.717) is 44.6 Å². The highest BCUT2D eigenvalue weighted by atomic mass is 16.6. The van der Waals surface area contributed by atoms with Gasteiger partial charge in [-0.05, 0) is 37.9 Å². The molecule has 2 rings (SSSR count). The topological polar surface area (TPSA) is 151 Å². The molecule has 0 bridgehead atoms. The number of piperidine rings is 1. The van der Waals surface area contributed by atoms with Crippen molar-refractivity contribution in [2.75, 3.05) is 31.5 Å². The van der Waals surface area contributed by atoms with E-state index in [2.05, 4.69) is 10.6 Å². The highest BCUT2D eigenvalue weighted by molar-refractivity contribution is 5.96. The minimum absolute atomic E-state index is 0.176. The number of hydrogen-bond acceptors (Lipinski definition) is 6. The van der Waals surface area contributed by atoms with Gasteiger partial charge < -0.3 is 26.4 Å². The third-order valence-electron chi connectivity index (χ3n) is 4.17. The summed E-state index contributed by atoms with van der Waals surface area (Å²) in [4.78, 5) is 35.7. The number of nitro groups is 1. The minimum Gasteiger partial charge on any atom is -0.465 e. The van der Waals surface area contributed by atoms with Gasteiger partial charge in [-0.2, -0.15) is 0 Å². The van der Waals surface area contributed by atoms with Gasteiger partial charge in [0.1, 0.15) is 5.69 Å². The van der Waals surface area contributed by atoms with Crippen molar-refractivity contribution in [2.45, 2.75) is 25.3 Å². The van der Waals surface area contributed by atoms with E-state index in [1.165, 1.54) is 23.1 Å². The van der Waals surface area contributed by atoms with Crippen LogP contribution in [0.1, 0.15) is 29.6 Å². The molecule has 0 radical (unpaired) electrons. The zero-order valence-corrected chi connectivity index (χ0v) is 14.3. The maximum atomic E-state index is 12.7. The third kappa shape index (κ3) is 5.06. The van der Waals surface area contributed by atoms with Crippen LogP contribution in [0.15, 0.2) is 18.2 Å². The Balaban J connectivity index is 2.14. The van der Waals surface area contributed by atoms with Crippen LogP contribution >= 0.6 is 0 Å². The summed E-state index contributed by atoms with van der Waals surface area (Å²) in [7, 11) is 0. The second-order valence-corrected chi connectivity index (χ2v) is 6.10. The van der Waals surface area contributed by atoms with Crippen molar-refractivity contribution in [1.82, 2.24) is 10.2 Å². The maximum absolute atomic E-state index is 12.7. The molecule has 26 heavy (non-hydrogen) atoms. The fraction of sp³-hybridized carbons (Fsp3) is 0.500. The predicted molar refractivity (Wildman–Crippen MR) is 95.3 cm³/mol. The zero-order valence-electron chi connectivity index (χ0n) is 14.3. The SMILES string of the molecule is NCCCNc1ccc(C(=O)N2CCCC(NC(=O)O)C2)cc1[N+](=O)[O-]. The minimum atomic E-state index is -1.13. The molecule has 1 aromatic rings. The molecular formula is C16H23N5O5. The number of carboxylic acid groups (broad SMARTS) is 1. The summed E-state index contributed by atoms with van der Waals surface area (Å²) in [5.74, 6) is -0.349. The number of nitro benzene ring substituents is 1. The van der Waals surface area contributed by atoms with E-state index in [4.69, 9.17) is 10.8 Å². The Morgan fingerprint density at radius 2 is 2.19 bits per heavy atom. The largest absolute Gasteiger partial charge is 0.465 e. The number of carbonyl (C=O) groups excluding carboxylic acids is 1. The lowest BCUT2D eigenvalue weighted by atomic mass is 10.0. The molecule has 1 unspecified atom stereocenters. The molecule has 1 atom stereocenters. The fourth-order valence-electron chi connectivity index (χ4n) is 2.93. The Bertz CT molecular complexity index is 681. The van der Waals surface area contributed by atoms with E-state index in [1.54, 1.807) is 0 Å². The molecule has 1 aliphatic heterocycles. The van der Waals surface area contributed by atoms with Gasteiger partial charge in [-0.15, -0.1) is 0 Å². The van der Waals surface area contributed by atoms with Crippen LogP contribution in [0.2, 0.25) is 0 Å². The molecule has 0 aliphatic carbocycles. The number of nitrogens with two attached hydrogens (primary N) is 1. The fourth-order valence-corrected chi connectivity index (χ4v) is 2.93. The molecule has 0 saturated carbocycles. The molecule has 5 N–H and O–H groups in total. The van der Waals surface area contributed by atoms with Gasteiger partial charge in [0.05, 0.1) is 4.92 Å². The van der Waals surface area contributed by atoms with Gasteiger partial charge in [0.15, 0.2) is 0 Å². The molecule has 10 nitrogen and oxygen atoms in total. The molecule has 142 valence electrons. The van der Waals surface area contributed by atoms with Crippen LogP contribution in [0.4, 0.5) is 16.2 Å². The Hall–Kier alpha value is -2.88. The number of nitrogens with one attached hydrogen (secondary N) is 2. The summed E-state index contributed by atoms with van der Waals surface area (Å²) >= 11 is 0. The van der Waals surface area contributed by atoms with E-state index in [0.717, 1.165) is 0 Å². The summed E-state index contributed by atoms with van der Waals surface area (Å²) in [6.45, 7) is 1.70. The Kier molecular flexibility index (Phi) is 6.73. The number of likely N-dealkylation sites (tertiary alicyclic amines) is 1. The van der Waals surface area contributed by atoms with Crippen LogP contribution < -0.4 is 16.4 Å². The van der Waals surface area contributed by atoms with Gasteiger partial charge in [0, 0.05) is 37.3 Å². The first-order valence-corrected chi connectivity index (χ1v) is 8.43. The number of amides is 2. The molecule has 1 aliphatic rings. The number of rotatable bonds is 7. The van der Waals surface area contributed by atoms with E-state index < -0.39 is 11.0 Å². The lowest BCUT2D eigenvalue weighted by molar-refractivity contribution is -0.384. The highest BCUT2D eigenvalue weighted by Crippen LogP contribution is 2.26. The van der Waals surface area contributed by atoms with Crippen molar-refractivity contribution in [3.05, 3.63) is 33.9 Å². The van der Waals surface area contributed by atoms with Crippen LogP contribution in [-0.4, -0.2) is 59.2 Å². The highest BCUT2D eigenvalue weighted by Gasteiger charge is 2.27.